The van der Waals surface area contributed by atoms with Gasteiger partial charge in [0.2, 0.25) is 0 Å². The third kappa shape index (κ3) is 2.80. The second kappa shape index (κ2) is 6.27. The number of carbonyl (C=O) groups is 1. The standard InChI is InChI=1S/C18H28N4O/c1-13-11-14-5-2-3-7-17(14)22(13)18(23)16-8-10-21(20-16)15-6-4-9-19-12-15/h8,10,13-15,17,19H,2-7,9,11-12H2,1H3. The predicted molar refractivity (Wildman–Crippen MR) is 89.4 cm³/mol. The van der Waals surface area contributed by atoms with Crippen LogP contribution in [0.25, 0.3) is 0 Å². The molecule has 0 radical (unpaired) electrons. The second-order valence-corrected chi connectivity index (χ2v) is 7.59. The van der Waals surface area contributed by atoms with Crippen molar-refractivity contribution in [2.75, 3.05) is 13.1 Å². The summed E-state index contributed by atoms with van der Waals surface area (Å²) in [4.78, 5) is 15.2. The highest BCUT2D eigenvalue weighted by atomic mass is 16.2. The molecule has 3 heterocycles. The Hall–Kier alpha value is -1.36. The van der Waals surface area contributed by atoms with Crippen LogP contribution in [0.15, 0.2) is 12.3 Å². The zero-order chi connectivity index (χ0) is 15.8. The molecule has 0 spiro atoms. The number of nitrogens with zero attached hydrogens (tertiary/aromatic N) is 3. The molecular formula is C18H28N4O. The van der Waals surface area contributed by atoms with Crippen molar-refractivity contribution in [3.63, 3.8) is 0 Å². The number of hydrogen-bond donors (Lipinski definition) is 1. The summed E-state index contributed by atoms with van der Waals surface area (Å²) < 4.78 is 2.00. The van der Waals surface area contributed by atoms with Gasteiger partial charge in [0, 0.05) is 24.8 Å². The topological polar surface area (TPSA) is 50.2 Å². The fourth-order valence-electron chi connectivity index (χ4n) is 4.91. The van der Waals surface area contributed by atoms with Gasteiger partial charge in [0.25, 0.3) is 5.91 Å². The van der Waals surface area contributed by atoms with Crippen molar-refractivity contribution in [3.8, 4) is 0 Å². The van der Waals surface area contributed by atoms with Gasteiger partial charge in [0.1, 0.15) is 5.69 Å². The Bertz CT molecular complexity index is 563. The van der Waals surface area contributed by atoms with Crippen molar-refractivity contribution in [3.05, 3.63) is 18.0 Å². The maximum absolute atomic E-state index is 13.0. The summed E-state index contributed by atoms with van der Waals surface area (Å²) in [5.74, 6) is 0.863. The van der Waals surface area contributed by atoms with Crippen LogP contribution in [0.1, 0.15) is 68.4 Å². The number of carbonyl (C=O) groups excluding carboxylic acids is 1. The number of rotatable bonds is 2. The average molecular weight is 316 g/mol. The maximum Gasteiger partial charge on any atom is 0.274 e. The highest BCUT2D eigenvalue weighted by Crippen LogP contribution is 2.40. The van der Waals surface area contributed by atoms with Crippen molar-refractivity contribution in [1.29, 1.82) is 0 Å². The molecule has 23 heavy (non-hydrogen) atoms. The summed E-state index contributed by atoms with van der Waals surface area (Å²) in [5.41, 5.74) is 0.633. The molecule has 5 heteroatoms. The molecule has 5 nitrogen and oxygen atoms in total. The quantitative estimate of drug-likeness (QED) is 0.912. The summed E-state index contributed by atoms with van der Waals surface area (Å²) in [6.07, 6.45) is 10.6. The van der Waals surface area contributed by atoms with E-state index in [0.29, 0.717) is 29.7 Å². The summed E-state index contributed by atoms with van der Waals surface area (Å²) in [5, 5.41) is 8.05. The molecule has 1 aromatic rings. The normalized spacial score (nSPS) is 34.4. The molecular weight excluding hydrogens is 288 g/mol. The van der Waals surface area contributed by atoms with Crippen LogP contribution in [0.3, 0.4) is 0 Å². The van der Waals surface area contributed by atoms with E-state index in [0.717, 1.165) is 19.5 Å². The second-order valence-electron chi connectivity index (χ2n) is 7.59. The largest absolute Gasteiger partial charge is 0.331 e. The van der Waals surface area contributed by atoms with Crippen LogP contribution >= 0.6 is 0 Å². The lowest BCUT2D eigenvalue weighted by molar-refractivity contribution is 0.0626. The van der Waals surface area contributed by atoms with Crippen LogP contribution in [0, 0.1) is 5.92 Å². The van der Waals surface area contributed by atoms with Gasteiger partial charge in [-0.25, -0.2) is 0 Å². The molecule has 1 N–H and O–H groups in total. The number of hydrogen-bond acceptors (Lipinski definition) is 3. The Labute approximate surface area is 138 Å². The Morgan fingerprint density at radius 1 is 1.26 bits per heavy atom. The van der Waals surface area contributed by atoms with Gasteiger partial charge < -0.3 is 10.2 Å². The smallest absolute Gasteiger partial charge is 0.274 e. The van der Waals surface area contributed by atoms with E-state index < -0.39 is 0 Å². The first-order chi connectivity index (χ1) is 11.2. The van der Waals surface area contributed by atoms with Crippen LogP contribution in [-0.4, -0.2) is 45.8 Å². The zero-order valence-corrected chi connectivity index (χ0v) is 14.1. The first kappa shape index (κ1) is 15.2. The lowest BCUT2D eigenvalue weighted by Gasteiger charge is -2.32. The first-order valence-corrected chi connectivity index (χ1v) is 9.32. The van der Waals surface area contributed by atoms with Gasteiger partial charge in [0.15, 0.2) is 0 Å². The van der Waals surface area contributed by atoms with E-state index in [-0.39, 0.29) is 5.91 Å². The molecule has 3 aliphatic rings. The fraction of sp³-hybridized carbons (Fsp3) is 0.778. The van der Waals surface area contributed by atoms with Gasteiger partial charge in [-0.1, -0.05) is 12.8 Å². The summed E-state index contributed by atoms with van der Waals surface area (Å²) >= 11 is 0. The van der Waals surface area contributed by atoms with Crippen molar-refractivity contribution in [2.24, 2.45) is 5.92 Å². The Kier molecular flexibility index (Phi) is 4.14. The van der Waals surface area contributed by atoms with Crippen LogP contribution in [-0.2, 0) is 0 Å². The van der Waals surface area contributed by atoms with Crippen molar-refractivity contribution < 1.29 is 4.79 Å². The zero-order valence-electron chi connectivity index (χ0n) is 14.1. The predicted octanol–water partition coefficient (Wildman–Crippen LogP) is 2.60. The van der Waals surface area contributed by atoms with Crippen LogP contribution in [0.5, 0.6) is 0 Å². The highest BCUT2D eigenvalue weighted by molar-refractivity contribution is 5.93. The van der Waals surface area contributed by atoms with Crippen LogP contribution in [0.4, 0.5) is 0 Å². The van der Waals surface area contributed by atoms with E-state index in [1.54, 1.807) is 0 Å². The number of nitrogens with one attached hydrogen (secondary N) is 1. The molecule has 0 aromatic carbocycles. The third-order valence-corrected chi connectivity index (χ3v) is 6.05. The summed E-state index contributed by atoms with van der Waals surface area (Å²) in [7, 11) is 0. The number of aromatic nitrogens is 2. The molecule has 1 aliphatic carbocycles. The van der Waals surface area contributed by atoms with E-state index in [2.05, 4.69) is 22.2 Å². The van der Waals surface area contributed by atoms with Crippen molar-refractivity contribution >= 4 is 5.91 Å². The molecule has 0 bridgehead atoms. The molecule has 1 saturated carbocycles. The van der Waals surface area contributed by atoms with Gasteiger partial charge in [-0.2, -0.15) is 5.10 Å². The maximum atomic E-state index is 13.0. The first-order valence-electron chi connectivity index (χ1n) is 9.32. The molecule has 4 unspecified atom stereocenters. The van der Waals surface area contributed by atoms with E-state index in [1.807, 2.05) is 16.9 Å². The van der Waals surface area contributed by atoms with E-state index >= 15 is 0 Å². The molecule has 4 atom stereocenters. The van der Waals surface area contributed by atoms with E-state index in [1.165, 1.54) is 38.5 Å². The molecule has 2 saturated heterocycles. The summed E-state index contributed by atoms with van der Waals surface area (Å²) in [6, 6.07) is 3.12. The Morgan fingerprint density at radius 2 is 2.13 bits per heavy atom. The molecule has 1 amide bonds. The van der Waals surface area contributed by atoms with Crippen LogP contribution < -0.4 is 5.32 Å². The SMILES string of the molecule is CC1CC2CCCCC2N1C(=O)c1ccn(C2CCCNC2)n1. The van der Waals surface area contributed by atoms with Gasteiger partial charge in [-0.15, -0.1) is 0 Å². The Balaban J connectivity index is 1.51. The minimum absolute atomic E-state index is 0.148. The lowest BCUT2D eigenvalue weighted by Crippen LogP contribution is -2.42. The fourth-order valence-corrected chi connectivity index (χ4v) is 4.91. The van der Waals surface area contributed by atoms with Crippen LogP contribution in [0.2, 0.25) is 0 Å². The van der Waals surface area contributed by atoms with Gasteiger partial charge >= 0.3 is 0 Å². The third-order valence-electron chi connectivity index (χ3n) is 6.05. The van der Waals surface area contributed by atoms with Gasteiger partial charge in [-0.05, 0) is 57.6 Å². The number of piperidine rings is 1. The minimum Gasteiger partial charge on any atom is -0.331 e. The number of amides is 1. The molecule has 126 valence electrons. The van der Waals surface area contributed by atoms with Gasteiger partial charge in [0.05, 0.1) is 6.04 Å². The van der Waals surface area contributed by atoms with E-state index in [4.69, 9.17) is 0 Å². The number of likely N-dealkylation sites (tertiary alicyclic amines) is 1. The molecule has 2 aliphatic heterocycles. The van der Waals surface area contributed by atoms with Crippen molar-refractivity contribution in [2.45, 2.75) is 70.0 Å². The molecule has 4 rings (SSSR count). The molecule has 3 fully saturated rings. The number of fused-ring (bicyclic) bond motifs is 1. The van der Waals surface area contributed by atoms with Crippen molar-refractivity contribution in [1.82, 2.24) is 20.0 Å². The highest BCUT2D eigenvalue weighted by Gasteiger charge is 2.43. The lowest BCUT2D eigenvalue weighted by atomic mass is 9.85. The molecule has 1 aromatic heterocycles. The van der Waals surface area contributed by atoms with Gasteiger partial charge in [-0.3, -0.25) is 9.48 Å². The summed E-state index contributed by atoms with van der Waals surface area (Å²) in [6.45, 7) is 4.26. The van der Waals surface area contributed by atoms with E-state index in [9.17, 15) is 4.79 Å². The Morgan fingerprint density at radius 3 is 2.96 bits per heavy atom. The minimum atomic E-state index is 0.148. The average Bonchev–Trinajstić information content (AvgIpc) is 3.19. The monoisotopic (exact) mass is 316 g/mol.